The van der Waals surface area contributed by atoms with Crippen LogP contribution in [0.2, 0.25) is 0 Å². The molecule has 3 rings (SSSR count). The van der Waals surface area contributed by atoms with Gasteiger partial charge in [-0.15, -0.1) is 0 Å². The lowest BCUT2D eigenvalue weighted by Gasteiger charge is -2.32. The maximum Gasteiger partial charge on any atom is 0.188 e. The van der Waals surface area contributed by atoms with Gasteiger partial charge in [-0.2, -0.15) is 0 Å². The summed E-state index contributed by atoms with van der Waals surface area (Å²) in [5.41, 5.74) is 5.81. The topological polar surface area (TPSA) is 62.9 Å². The molecule has 1 heterocycles. The van der Waals surface area contributed by atoms with Gasteiger partial charge in [0.2, 0.25) is 0 Å². The predicted molar refractivity (Wildman–Crippen MR) is 67.0 cm³/mol. The number of nitrogens with one attached hydrogen (secondary N) is 1. The number of hydrogen-bond donors (Lipinski definition) is 2. The Hall–Kier alpha value is -0.810. The minimum atomic E-state index is 0.226. The highest BCUT2D eigenvalue weighted by molar-refractivity contribution is 5.78. The zero-order chi connectivity index (χ0) is 11.7. The second-order valence-electron chi connectivity index (χ2n) is 5.36. The quantitative estimate of drug-likeness (QED) is 0.531. The van der Waals surface area contributed by atoms with Crippen LogP contribution in [-0.2, 0) is 4.74 Å². The van der Waals surface area contributed by atoms with E-state index in [1.165, 1.54) is 25.7 Å². The van der Waals surface area contributed by atoms with Gasteiger partial charge >= 0.3 is 0 Å². The molecule has 3 fully saturated rings. The Kier molecular flexibility index (Phi) is 3.20. The molecule has 0 bridgehead atoms. The summed E-state index contributed by atoms with van der Waals surface area (Å²) >= 11 is 0. The van der Waals surface area contributed by atoms with Crippen LogP contribution >= 0.6 is 0 Å². The van der Waals surface area contributed by atoms with E-state index in [1.54, 1.807) is 0 Å². The zero-order valence-corrected chi connectivity index (χ0v) is 10.3. The lowest BCUT2D eigenvalue weighted by Crippen LogP contribution is -2.45. The standard InChI is InChI=1S/C12H22N4O/c13-12(15-9-1-2-9)14-7-11-8-16(5-6-17-11)10-3-4-10/h9-11H,1-8H2,(H3,13,14,15). The van der Waals surface area contributed by atoms with Crippen molar-refractivity contribution in [2.24, 2.45) is 10.7 Å². The third kappa shape index (κ3) is 3.33. The highest BCUT2D eigenvalue weighted by atomic mass is 16.5. The van der Waals surface area contributed by atoms with Crippen LogP contribution in [0.4, 0.5) is 0 Å². The van der Waals surface area contributed by atoms with Crippen molar-refractivity contribution in [3.63, 3.8) is 0 Å². The van der Waals surface area contributed by atoms with Gasteiger partial charge in [0.1, 0.15) is 0 Å². The van der Waals surface area contributed by atoms with E-state index in [4.69, 9.17) is 10.5 Å². The van der Waals surface area contributed by atoms with Crippen LogP contribution < -0.4 is 11.1 Å². The van der Waals surface area contributed by atoms with E-state index in [9.17, 15) is 0 Å². The number of guanidine groups is 1. The summed E-state index contributed by atoms with van der Waals surface area (Å²) in [6, 6.07) is 1.40. The summed E-state index contributed by atoms with van der Waals surface area (Å²) in [5, 5.41) is 3.20. The first-order valence-electron chi connectivity index (χ1n) is 6.73. The molecule has 3 N–H and O–H groups in total. The molecule has 1 atom stereocenters. The molecule has 0 radical (unpaired) electrons. The fourth-order valence-electron chi connectivity index (χ4n) is 2.31. The van der Waals surface area contributed by atoms with E-state index < -0.39 is 0 Å². The van der Waals surface area contributed by atoms with E-state index in [2.05, 4.69) is 15.2 Å². The van der Waals surface area contributed by atoms with Crippen molar-refractivity contribution < 1.29 is 4.74 Å². The normalized spacial score (nSPS) is 31.5. The first-order chi connectivity index (χ1) is 8.31. The van der Waals surface area contributed by atoms with Gasteiger partial charge in [-0.05, 0) is 25.7 Å². The molecule has 0 amide bonds. The number of rotatable bonds is 4. The van der Waals surface area contributed by atoms with Gasteiger partial charge in [0.25, 0.3) is 0 Å². The fourth-order valence-corrected chi connectivity index (χ4v) is 2.31. The molecule has 17 heavy (non-hydrogen) atoms. The highest BCUT2D eigenvalue weighted by Gasteiger charge is 2.32. The van der Waals surface area contributed by atoms with Crippen molar-refractivity contribution in [1.82, 2.24) is 10.2 Å². The molecule has 3 aliphatic rings. The summed E-state index contributed by atoms with van der Waals surface area (Å²) < 4.78 is 5.73. The van der Waals surface area contributed by atoms with Gasteiger partial charge in [-0.1, -0.05) is 0 Å². The minimum absolute atomic E-state index is 0.226. The second-order valence-corrected chi connectivity index (χ2v) is 5.36. The van der Waals surface area contributed by atoms with Crippen LogP contribution in [0.25, 0.3) is 0 Å². The highest BCUT2D eigenvalue weighted by Crippen LogP contribution is 2.28. The SMILES string of the molecule is NC(=NCC1CN(C2CC2)CCO1)NC1CC1. The second kappa shape index (κ2) is 4.82. The molecule has 0 aromatic rings. The van der Waals surface area contributed by atoms with Crippen molar-refractivity contribution in [2.75, 3.05) is 26.2 Å². The summed E-state index contributed by atoms with van der Waals surface area (Å²) in [6.07, 6.45) is 5.41. The molecule has 1 unspecified atom stereocenters. The number of morpholine rings is 1. The van der Waals surface area contributed by atoms with E-state index in [1.807, 2.05) is 0 Å². The Bertz CT molecular complexity index is 299. The van der Waals surface area contributed by atoms with Crippen LogP contribution in [0.5, 0.6) is 0 Å². The van der Waals surface area contributed by atoms with Gasteiger partial charge in [0, 0.05) is 25.2 Å². The Labute approximate surface area is 102 Å². The van der Waals surface area contributed by atoms with Crippen molar-refractivity contribution in [2.45, 2.75) is 43.9 Å². The van der Waals surface area contributed by atoms with Gasteiger partial charge in [-0.25, -0.2) is 0 Å². The van der Waals surface area contributed by atoms with E-state index >= 15 is 0 Å². The van der Waals surface area contributed by atoms with Gasteiger partial charge in [-0.3, -0.25) is 9.89 Å². The van der Waals surface area contributed by atoms with Crippen molar-refractivity contribution in [1.29, 1.82) is 0 Å². The molecule has 5 nitrogen and oxygen atoms in total. The largest absolute Gasteiger partial charge is 0.374 e. The molecular weight excluding hydrogens is 216 g/mol. The molecule has 1 saturated heterocycles. The average Bonchev–Trinajstić information content (AvgIpc) is 3.19. The van der Waals surface area contributed by atoms with E-state index in [0.29, 0.717) is 18.5 Å². The molecule has 2 saturated carbocycles. The van der Waals surface area contributed by atoms with Crippen molar-refractivity contribution >= 4 is 5.96 Å². The Morgan fingerprint density at radius 3 is 2.88 bits per heavy atom. The lowest BCUT2D eigenvalue weighted by atomic mass is 10.2. The lowest BCUT2D eigenvalue weighted by molar-refractivity contribution is -0.0259. The average molecular weight is 238 g/mol. The molecule has 5 heteroatoms. The third-order valence-electron chi connectivity index (χ3n) is 3.63. The zero-order valence-electron chi connectivity index (χ0n) is 10.3. The van der Waals surface area contributed by atoms with E-state index in [-0.39, 0.29) is 6.10 Å². The molecule has 0 spiro atoms. The van der Waals surface area contributed by atoms with Gasteiger partial charge < -0.3 is 15.8 Å². The first kappa shape index (κ1) is 11.3. The minimum Gasteiger partial charge on any atom is -0.374 e. The molecule has 2 aliphatic carbocycles. The maximum atomic E-state index is 5.81. The number of nitrogens with two attached hydrogens (primary N) is 1. The molecule has 0 aromatic carbocycles. The number of nitrogens with zero attached hydrogens (tertiary/aromatic N) is 2. The van der Waals surface area contributed by atoms with Crippen LogP contribution in [0.1, 0.15) is 25.7 Å². The van der Waals surface area contributed by atoms with Crippen LogP contribution in [0.15, 0.2) is 4.99 Å². The molecule has 96 valence electrons. The third-order valence-corrected chi connectivity index (χ3v) is 3.63. The molecule has 0 aromatic heterocycles. The number of hydrogen-bond acceptors (Lipinski definition) is 3. The summed E-state index contributed by atoms with van der Waals surface area (Å²) in [7, 11) is 0. The Morgan fingerprint density at radius 1 is 1.35 bits per heavy atom. The van der Waals surface area contributed by atoms with Crippen LogP contribution in [0, 0.1) is 0 Å². The number of ether oxygens (including phenoxy) is 1. The first-order valence-corrected chi connectivity index (χ1v) is 6.73. The van der Waals surface area contributed by atoms with Crippen LogP contribution in [0.3, 0.4) is 0 Å². The fraction of sp³-hybridized carbons (Fsp3) is 0.917. The van der Waals surface area contributed by atoms with E-state index in [0.717, 1.165) is 25.7 Å². The Balaban J connectivity index is 1.43. The summed E-state index contributed by atoms with van der Waals surface area (Å²) in [4.78, 5) is 6.91. The van der Waals surface area contributed by atoms with Crippen molar-refractivity contribution in [3.05, 3.63) is 0 Å². The smallest absolute Gasteiger partial charge is 0.188 e. The monoisotopic (exact) mass is 238 g/mol. The van der Waals surface area contributed by atoms with Gasteiger partial charge in [0.05, 0.1) is 19.3 Å². The molecular formula is C12H22N4O. The molecule has 1 aliphatic heterocycles. The maximum absolute atomic E-state index is 5.81. The van der Waals surface area contributed by atoms with Crippen LogP contribution in [-0.4, -0.2) is 55.3 Å². The summed E-state index contributed by atoms with van der Waals surface area (Å²) in [6.45, 7) is 3.63. The Morgan fingerprint density at radius 2 is 2.18 bits per heavy atom. The van der Waals surface area contributed by atoms with Crippen molar-refractivity contribution in [3.8, 4) is 0 Å². The predicted octanol–water partition coefficient (Wildman–Crippen LogP) is -0.0837. The van der Waals surface area contributed by atoms with Gasteiger partial charge in [0.15, 0.2) is 5.96 Å². The number of aliphatic imine (C=N–C) groups is 1. The summed E-state index contributed by atoms with van der Waals surface area (Å²) in [5.74, 6) is 0.583.